The maximum absolute atomic E-state index is 13.1. The summed E-state index contributed by atoms with van der Waals surface area (Å²) in [5, 5.41) is 9.67. The molecule has 1 amide bonds. The number of thioether (sulfide) groups is 1. The number of hydrogen-bond acceptors (Lipinski definition) is 6. The Labute approximate surface area is 225 Å². The van der Waals surface area contributed by atoms with Crippen molar-refractivity contribution < 1.29 is 14.3 Å². The molecule has 0 radical (unpaired) electrons. The number of amides is 1. The molecule has 0 spiro atoms. The lowest BCUT2D eigenvalue weighted by molar-refractivity contribution is -0.122. The fourth-order valence-electron chi connectivity index (χ4n) is 3.64. The van der Waals surface area contributed by atoms with Gasteiger partial charge in [0.15, 0.2) is 11.5 Å². The maximum atomic E-state index is 13.1. The van der Waals surface area contributed by atoms with Crippen LogP contribution in [0.25, 0.3) is 6.08 Å². The fraction of sp³-hybridized carbons (Fsp3) is 0.179. The summed E-state index contributed by atoms with van der Waals surface area (Å²) in [6.07, 6.45) is 1.76. The number of aryl methyl sites for hydroxylation is 1. The average molecular weight is 535 g/mol. The standard InChI is InChI=1S/C28H23ClN2O3S2/c1-3-33-24-13-20(12-23(29)26(24)34-17-22-7-5-4-6-21(22)15-30)14-25-27(32)31(28(35)36-25)16-19-10-8-18(2)9-11-19/h4-14H,3,16-17H2,1-2H3/b25-14-. The zero-order chi connectivity index (χ0) is 25.7. The Hall–Kier alpha value is -3.31. The number of hydrogen-bond donors (Lipinski definition) is 0. The van der Waals surface area contributed by atoms with Gasteiger partial charge >= 0.3 is 0 Å². The van der Waals surface area contributed by atoms with E-state index in [0.717, 1.165) is 16.7 Å². The second-order valence-electron chi connectivity index (χ2n) is 8.07. The van der Waals surface area contributed by atoms with Crippen LogP contribution in [-0.4, -0.2) is 21.7 Å². The van der Waals surface area contributed by atoms with Crippen LogP contribution < -0.4 is 9.47 Å². The van der Waals surface area contributed by atoms with Gasteiger partial charge in [0.05, 0.1) is 34.7 Å². The molecule has 1 aliphatic heterocycles. The molecule has 3 aromatic carbocycles. The molecule has 8 heteroatoms. The molecule has 0 bridgehead atoms. The minimum Gasteiger partial charge on any atom is -0.490 e. The lowest BCUT2D eigenvalue weighted by Gasteiger charge is -2.15. The highest BCUT2D eigenvalue weighted by Gasteiger charge is 2.32. The van der Waals surface area contributed by atoms with Crippen molar-refractivity contribution in [2.24, 2.45) is 0 Å². The third-order valence-corrected chi connectivity index (χ3v) is 7.13. The Balaban J connectivity index is 1.56. The number of ether oxygens (including phenoxy) is 2. The second kappa shape index (κ2) is 11.6. The van der Waals surface area contributed by atoms with Crippen molar-refractivity contribution in [3.8, 4) is 17.6 Å². The van der Waals surface area contributed by atoms with Gasteiger partial charge in [-0.25, -0.2) is 0 Å². The molecule has 1 aliphatic rings. The minimum atomic E-state index is -0.145. The Kier molecular flexibility index (Phi) is 8.32. The molecule has 36 heavy (non-hydrogen) atoms. The molecule has 0 aromatic heterocycles. The first-order valence-corrected chi connectivity index (χ1v) is 12.9. The molecule has 1 saturated heterocycles. The van der Waals surface area contributed by atoms with Crippen LogP contribution in [0.15, 0.2) is 65.6 Å². The van der Waals surface area contributed by atoms with Crippen molar-refractivity contribution in [2.75, 3.05) is 6.61 Å². The summed E-state index contributed by atoms with van der Waals surface area (Å²) >= 11 is 13.3. The van der Waals surface area contributed by atoms with Gasteiger partial charge in [0.1, 0.15) is 10.9 Å². The van der Waals surface area contributed by atoms with Crippen molar-refractivity contribution in [1.29, 1.82) is 5.26 Å². The average Bonchev–Trinajstić information content (AvgIpc) is 3.12. The topological polar surface area (TPSA) is 62.6 Å². The lowest BCUT2D eigenvalue weighted by Crippen LogP contribution is -2.27. The number of carbonyl (C=O) groups excluding carboxylic acids is 1. The van der Waals surface area contributed by atoms with E-state index in [1.165, 1.54) is 11.8 Å². The van der Waals surface area contributed by atoms with Crippen molar-refractivity contribution in [1.82, 2.24) is 4.90 Å². The van der Waals surface area contributed by atoms with E-state index >= 15 is 0 Å². The SMILES string of the molecule is CCOc1cc(/C=C2\SC(=S)N(Cc3ccc(C)cc3)C2=O)cc(Cl)c1OCc1ccccc1C#N. The zero-order valence-electron chi connectivity index (χ0n) is 19.8. The van der Waals surface area contributed by atoms with E-state index < -0.39 is 0 Å². The van der Waals surface area contributed by atoms with Crippen LogP contribution >= 0.6 is 35.6 Å². The predicted molar refractivity (Wildman–Crippen MR) is 148 cm³/mol. The van der Waals surface area contributed by atoms with Gasteiger partial charge in [-0.05, 0) is 49.2 Å². The van der Waals surface area contributed by atoms with E-state index in [-0.39, 0.29) is 12.5 Å². The lowest BCUT2D eigenvalue weighted by atomic mass is 10.1. The summed E-state index contributed by atoms with van der Waals surface area (Å²) in [6.45, 7) is 4.88. The second-order valence-corrected chi connectivity index (χ2v) is 10.2. The Bertz CT molecular complexity index is 1380. The molecule has 0 aliphatic carbocycles. The highest BCUT2D eigenvalue weighted by Crippen LogP contribution is 2.40. The maximum Gasteiger partial charge on any atom is 0.266 e. The first kappa shape index (κ1) is 25.8. The van der Waals surface area contributed by atoms with E-state index in [9.17, 15) is 10.1 Å². The van der Waals surface area contributed by atoms with E-state index in [0.29, 0.717) is 50.0 Å². The number of nitriles is 1. The fourth-order valence-corrected chi connectivity index (χ4v) is 5.17. The molecule has 0 unspecified atom stereocenters. The number of rotatable bonds is 8. The van der Waals surface area contributed by atoms with Crippen molar-refractivity contribution >= 4 is 51.9 Å². The van der Waals surface area contributed by atoms with E-state index in [1.54, 1.807) is 35.2 Å². The first-order valence-electron chi connectivity index (χ1n) is 11.3. The predicted octanol–water partition coefficient (Wildman–Crippen LogP) is 6.90. The van der Waals surface area contributed by atoms with E-state index in [1.807, 2.05) is 50.2 Å². The normalized spacial score (nSPS) is 14.3. The van der Waals surface area contributed by atoms with Gasteiger partial charge in [-0.2, -0.15) is 5.26 Å². The summed E-state index contributed by atoms with van der Waals surface area (Å²) in [6, 6.07) is 20.9. The number of thiocarbonyl (C=S) groups is 1. The van der Waals surface area contributed by atoms with Crippen LogP contribution in [0, 0.1) is 18.3 Å². The van der Waals surface area contributed by atoms with Crippen LogP contribution in [0.3, 0.4) is 0 Å². The smallest absolute Gasteiger partial charge is 0.266 e. The summed E-state index contributed by atoms with van der Waals surface area (Å²) < 4.78 is 12.3. The highest BCUT2D eigenvalue weighted by molar-refractivity contribution is 8.26. The summed E-state index contributed by atoms with van der Waals surface area (Å²) in [7, 11) is 0. The molecule has 0 atom stereocenters. The first-order chi connectivity index (χ1) is 17.4. The van der Waals surface area contributed by atoms with Gasteiger partial charge in [-0.15, -0.1) is 0 Å². The summed E-state index contributed by atoms with van der Waals surface area (Å²) in [5.41, 5.74) is 4.16. The van der Waals surface area contributed by atoms with Gasteiger partial charge < -0.3 is 9.47 Å². The summed E-state index contributed by atoms with van der Waals surface area (Å²) in [5.74, 6) is 0.698. The van der Waals surface area contributed by atoms with E-state index in [2.05, 4.69) is 6.07 Å². The van der Waals surface area contributed by atoms with Crippen LogP contribution in [0.1, 0.15) is 34.7 Å². The Morgan fingerprint density at radius 2 is 1.89 bits per heavy atom. The van der Waals surface area contributed by atoms with Gasteiger partial charge in [0.2, 0.25) is 0 Å². The molecule has 3 aromatic rings. The minimum absolute atomic E-state index is 0.145. The number of halogens is 1. The zero-order valence-corrected chi connectivity index (χ0v) is 22.2. The number of benzene rings is 3. The quantitative estimate of drug-likeness (QED) is 0.231. The molecule has 1 heterocycles. The number of carbonyl (C=O) groups is 1. The van der Waals surface area contributed by atoms with Gasteiger partial charge in [-0.1, -0.05) is 83.6 Å². The van der Waals surface area contributed by atoms with Crippen molar-refractivity contribution in [3.05, 3.63) is 98.4 Å². The van der Waals surface area contributed by atoms with Crippen LogP contribution in [0.2, 0.25) is 5.02 Å². The monoisotopic (exact) mass is 534 g/mol. The van der Waals surface area contributed by atoms with Crippen LogP contribution in [-0.2, 0) is 17.9 Å². The Morgan fingerprint density at radius 1 is 1.14 bits per heavy atom. The molecular weight excluding hydrogens is 512 g/mol. The molecular formula is C28H23ClN2O3S2. The van der Waals surface area contributed by atoms with Crippen LogP contribution in [0.4, 0.5) is 0 Å². The third-order valence-electron chi connectivity index (χ3n) is 5.47. The molecule has 0 saturated carbocycles. The molecule has 5 nitrogen and oxygen atoms in total. The molecule has 4 rings (SSSR count). The highest BCUT2D eigenvalue weighted by atomic mass is 35.5. The molecule has 1 fully saturated rings. The Morgan fingerprint density at radius 3 is 2.61 bits per heavy atom. The third kappa shape index (κ3) is 5.90. The van der Waals surface area contributed by atoms with Gasteiger partial charge in [0, 0.05) is 5.56 Å². The van der Waals surface area contributed by atoms with E-state index in [4.69, 9.17) is 33.3 Å². The van der Waals surface area contributed by atoms with Crippen LogP contribution in [0.5, 0.6) is 11.5 Å². The largest absolute Gasteiger partial charge is 0.490 e. The molecule has 0 N–H and O–H groups in total. The van der Waals surface area contributed by atoms with Gasteiger partial charge in [-0.3, -0.25) is 9.69 Å². The van der Waals surface area contributed by atoms with Crippen molar-refractivity contribution in [2.45, 2.75) is 27.0 Å². The molecule has 182 valence electrons. The summed E-state index contributed by atoms with van der Waals surface area (Å²) in [4.78, 5) is 15.2. The van der Waals surface area contributed by atoms with Crippen molar-refractivity contribution in [3.63, 3.8) is 0 Å². The number of nitrogens with zero attached hydrogens (tertiary/aromatic N) is 2. The van der Waals surface area contributed by atoms with Gasteiger partial charge in [0.25, 0.3) is 5.91 Å².